The zero-order valence-corrected chi connectivity index (χ0v) is 13.2. The lowest BCUT2D eigenvalue weighted by Gasteiger charge is -2.23. The van der Waals surface area contributed by atoms with Crippen LogP contribution in [0.15, 0.2) is 12.4 Å². The summed E-state index contributed by atoms with van der Waals surface area (Å²) >= 11 is 0. The molecule has 6 heteroatoms. The van der Waals surface area contributed by atoms with Gasteiger partial charge in [-0.05, 0) is 32.7 Å². The van der Waals surface area contributed by atoms with Crippen molar-refractivity contribution < 1.29 is 9.53 Å². The summed E-state index contributed by atoms with van der Waals surface area (Å²) in [4.78, 5) is 25.2. The van der Waals surface area contributed by atoms with Crippen molar-refractivity contribution in [2.24, 2.45) is 0 Å². The summed E-state index contributed by atoms with van der Waals surface area (Å²) in [5.74, 6) is -0.00790. The molecular formula is C16H24N4O2. The summed E-state index contributed by atoms with van der Waals surface area (Å²) in [6.07, 6.45) is 6.94. The molecule has 120 valence electrons. The maximum atomic E-state index is 12.5. The van der Waals surface area contributed by atoms with Crippen LogP contribution in [0.25, 0.3) is 0 Å². The zero-order valence-electron chi connectivity index (χ0n) is 13.2. The summed E-state index contributed by atoms with van der Waals surface area (Å²) in [5.41, 5.74) is 1.27. The zero-order chi connectivity index (χ0) is 15.4. The van der Waals surface area contributed by atoms with Crippen LogP contribution in [0, 0.1) is 6.92 Å². The molecule has 22 heavy (non-hydrogen) atoms. The van der Waals surface area contributed by atoms with Gasteiger partial charge in [-0.1, -0.05) is 0 Å². The second kappa shape index (κ2) is 7.15. The maximum Gasteiger partial charge on any atom is 0.274 e. The van der Waals surface area contributed by atoms with E-state index in [2.05, 4.69) is 14.9 Å². The van der Waals surface area contributed by atoms with Gasteiger partial charge in [0.1, 0.15) is 5.69 Å². The summed E-state index contributed by atoms with van der Waals surface area (Å²) in [7, 11) is 0. The Bertz CT molecular complexity index is 499. The molecule has 1 aromatic heterocycles. The van der Waals surface area contributed by atoms with Crippen molar-refractivity contribution in [1.82, 2.24) is 19.8 Å². The highest BCUT2D eigenvalue weighted by atomic mass is 16.5. The molecule has 0 spiro atoms. The van der Waals surface area contributed by atoms with E-state index < -0.39 is 0 Å². The summed E-state index contributed by atoms with van der Waals surface area (Å²) < 4.78 is 5.71. The van der Waals surface area contributed by atoms with Crippen molar-refractivity contribution in [2.75, 3.05) is 39.3 Å². The summed E-state index contributed by atoms with van der Waals surface area (Å²) in [6.45, 7) is 7.24. The van der Waals surface area contributed by atoms with Gasteiger partial charge < -0.3 is 9.64 Å². The van der Waals surface area contributed by atoms with Crippen molar-refractivity contribution in [3.05, 3.63) is 23.8 Å². The monoisotopic (exact) mass is 304 g/mol. The fourth-order valence-corrected chi connectivity index (χ4v) is 3.10. The van der Waals surface area contributed by atoms with Crippen LogP contribution >= 0.6 is 0 Å². The normalized spacial score (nSPS) is 23.5. The summed E-state index contributed by atoms with van der Waals surface area (Å²) in [5, 5.41) is 0. The molecule has 0 aromatic carbocycles. The third-order valence-electron chi connectivity index (χ3n) is 4.36. The number of rotatable bonds is 3. The number of aromatic nitrogens is 2. The van der Waals surface area contributed by atoms with Crippen LogP contribution in [0.3, 0.4) is 0 Å². The van der Waals surface area contributed by atoms with Gasteiger partial charge in [-0.15, -0.1) is 0 Å². The third-order valence-corrected chi connectivity index (χ3v) is 4.36. The number of nitrogens with zero attached hydrogens (tertiary/aromatic N) is 4. The molecule has 2 fully saturated rings. The second-order valence-corrected chi connectivity index (χ2v) is 6.12. The van der Waals surface area contributed by atoms with Crippen LogP contribution < -0.4 is 0 Å². The Morgan fingerprint density at radius 3 is 2.86 bits per heavy atom. The largest absolute Gasteiger partial charge is 0.377 e. The van der Waals surface area contributed by atoms with Gasteiger partial charge in [0, 0.05) is 39.0 Å². The highest BCUT2D eigenvalue weighted by Gasteiger charge is 2.24. The van der Waals surface area contributed by atoms with E-state index >= 15 is 0 Å². The molecule has 0 N–H and O–H groups in total. The predicted molar refractivity (Wildman–Crippen MR) is 82.7 cm³/mol. The fourth-order valence-electron chi connectivity index (χ4n) is 3.10. The van der Waals surface area contributed by atoms with Gasteiger partial charge in [-0.3, -0.25) is 14.7 Å². The number of amides is 1. The van der Waals surface area contributed by atoms with Crippen LogP contribution in [0.1, 0.15) is 35.4 Å². The fraction of sp³-hybridized carbons (Fsp3) is 0.688. The van der Waals surface area contributed by atoms with Crippen molar-refractivity contribution >= 4 is 5.91 Å². The van der Waals surface area contributed by atoms with E-state index in [9.17, 15) is 4.79 Å². The predicted octanol–water partition coefficient (Wildman–Crippen LogP) is 1.11. The molecule has 0 aliphatic carbocycles. The molecule has 2 aliphatic heterocycles. The van der Waals surface area contributed by atoms with Crippen LogP contribution in [0.4, 0.5) is 0 Å². The van der Waals surface area contributed by atoms with E-state index in [1.165, 1.54) is 6.42 Å². The minimum absolute atomic E-state index is 0.00790. The van der Waals surface area contributed by atoms with Crippen LogP contribution in [0.5, 0.6) is 0 Å². The number of aryl methyl sites for hydroxylation is 1. The number of hydrogen-bond donors (Lipinski definition) is 0. The maximum absolute atomic E-state index is 12.5. The Hall–Kier alpha value is -1.53. The average molecular weight is 304 g/mol. The van der Waals surface area contributed by atoms with E-state index in [1.54, 1.807) is 12.4 Å². The molecule has 1 aromatic rings. The SMILES string of the molecule is Cc1cnc(C(=O)N2CCCN(C[C@H]3CCCO3)CC2)cn1. The lowest BCUT2D eigenvalue weighted by atomic mass is 10.2. The average Bonchev–Trinajstić information content (AvgIpc) is 2.92. The van der Waals surface area contributed by atoms with Gasteiger partial charge in [0.25, 0.3) is 5.91 Å². The first kappa shape index (κ1) is 15.4. The molecule has 2 aliphatic rings. The molecule has 0 unspecified atom stereocenters. The highest BCUT2D eigenvalue weighted by Crippen LogP contribution is 2.15. The van der Waals surface area contributed by atoms with Crippen molar-refractivity contribution in [1.29, 1.82) is 0 Å². The smallest absolute Gasteiger partial charge is 0.274 e. The standard InChI is InChI=1S/C16H24N4O2/c1-13-10-18-15(11-17-13)16(21)20-6-3-5-19(7-8-20)12-14-4-2-9-22-14/h10-11,14H,2-9,12H2,1H3/t14-/m1/s1. The molecule has 0 radical (unpaired) electrons. The van der Waals surface area contributed by atoms with Gasteiger partial charge in [0.2, 0.25) is 0 Å². The Kier molecular flexibility index (Phi) is 5.00. The Morgan fingerprint density at radius 1 is 1.23 bits per heavy atom. The second-order valence-electron chi connectivity index (χ2n) is 6.12. The van der Waals surface area contributed by atoms with Crippen LogP contribution in [-0.2, 0) is 4.74 Å². The van der Waals surface area contributed by atoms with E-state index in [0.717, 1.165) is 57.9 Å². The lowest BCUT2D eigenvalue weighted by molar-refractivity contribution is 0.0701. The Balaban J connectivity index is 1.55. The molecular weight excluding hydrogens is 280 g/mol. The van der Waals surface area contributed by atoms with Crippen molar-refractivity contribution in [2.45, 2.75) is 32.3 Å². The van der Waals surface area contributed by atoms with Crippen LogP contribution in [0.2, 0.25) is 0 Å². The van der Waals surface area contributed by atoms with E-state index in [1.807, 2.05) is 11.8 Å². The Labute approximate surface area is 131 Å². The topological polar surface area (TPSA) is 58.6 Å². The quantitative estimate of drug-likeness (QED) is 0.837. The van der Waals surface area contributed by atoms with Gasteiger partial charge >= 0.3 is 0 Å². The van der Waals surface area contributed by atoms with Crippen molar-refractivity contribution in [3.8, 4) is 0 Å². The third kappa shape index (κ3) is 3.81. The molecule has 0 bridgehead atoms. The van der Waals surface area contributed by atoms with Gasteiger partial charge in [0.15, 0.2) is 0 Å². The van der Waals surface area contributed by atoms with Gasteiger partial charge in [-0.2, -0.15) is 0 Å². The number of hydrogen-bond acceptors (Lipinski definition) is 5. The van der Waals surface area contributed by atoms with E-state index in [4.69, 9.17) is 4.74 Å². The number of carbonyl (C=O) groups is 1. The van der Waals surface area contributed by atoms with Gasteiger partial charge in [-0.25, -0.2) is 4.98 Å². The molecule has 2 saturated heterocycles. The van der Waals surface area contributed by atoms with Crippen molar-refractivity contribution in [3.63, 3.8) is 0 Å². The first-order valence-corrected chi connectivity index (χ1v) is 8.14. The minimum atomic E-state index is -0.00790. The first-order valence-electron chi connectivity index (χ1n) is 8.14. The molecule has 1 atom stereocenters. The van der Waals surface area contributed by atoms with Gasteiger partial charge in [0.05, 0.1) is 18.0 Å². The number of carbonyl (C=O) groups excluding carboxylic acids is 1. The number of ether oxygens (including phenoxy) is 1. The van der Waals surface area contributed by atoms with E-state index in [-0.39, 0.29) is 5.91 Å². The molecule has 1 amide bonds. The van der Waals surface area contributed by atoms with Crippen LogP contribution in [-0.4, -0.2) is 71.1 Å². The molecule has 6 nitrogen and oxygen atoms in total. The highest BCUT2D eigenvalue weighted by molar-refractivity contribution is 5.92. The minimum Gasteiger partial charge on any atom is -0.377 e. The molecule has 3 heterocycles. The van der Waals surface area contributed by atoms with E-state index in [0.29, 0.717) is 11.8 Å². The molecule has 0 saturated carbocycles. The summed E-state index contributed by atoms with van der Waals surface area (Å²) in [6, 6.07) is 0. The Morgan fingerprint density at radius 2 is 2.14 bits per heavy atom. The lowest BCUT2D eigenvalue weighted by Crippen LogP contribution is -2.37. The first-order chi connectivity index (χ1) is 10.7. The molecule has 3 rings (SSSR count).